The number of hydrogen-bond acceptors (Lipinski definition) is 5. The fraction of sp³-hybridized carbons (Fsp3) is 0.188. The fourth-order valence-electron chi connectivity index (χ4n) is 1.70. The maximum absolute atomic E-state index is 11.8. The highest BCUT2D eigenvalue weighted by Crippen LogP contribution is 2.18. The summed E-state index contributed by atoms with van der Waals surface area (Å²) in [5.41, 5.74) is 1.80. The fourth-order valence-corrected chi connectivity index (χ4v) is 2.16. The van der Waals surface area contributed by atoms with Gasteiger partial charge in [0, 0.05) is 22.5 Å². The van der Waals surface area contributed by atoms with Crippen LogP contribution in [-0.4, -0.2) is 29.7 Å². The molecule has 22 heavy (non-hydrogen) atoms. The number of carbonyl (C=O) groups excluding carboxylic acids is 2. The van der Waals surface area contributed by atoms with Gasteiger partial charge < -0.3 is 10.1 Å². The van der Waals surface area contributed by atoms with E-state index in [2.05, 4.69) is 10.3 Å². The van der Waals surface area contributed by atoms with Crippen LogP contribution in [0.1, 0.15) is 16.1 Å². The molecule has 5 nitrogen and oxygen atoms in total. The molecule has 2 rings (SSSR count). The molecule has 1 heterocycles. The molecule has 1 aromatic carbocycles. The number of thioether (sulfide) groups is 1. The van der Waals surface area contributed by atoms with E-state index in [0.717, 1.165) is 10.6 Å². The summed E-state index contributed by atoms with van der Waals surface area (Å²) in [5, 5.41) is 2.69. The molecule has 6 heteroatoms. The van der Waals surface area contributed by atoms with Gasteiger partial charge in [-0.25, -0.2) is 4.79 Å². The number of nitrogens with one attached hydrogen (secondary N) is 1. The first kappa shape index (κ1) is 16.0. The Morgan fingerprint density at radius 2 is 2.09 bits per heavy atom. The van der Waals surface area contributed by atoms with Crippen molar-refractivity contribution in [1.29, 1.82) is 0 Å². The Morgan fingerprint density at radius 3 is 2.77 bits per heavy atom. The Bertz CT molecular complexity index is 671. The van der Waals surface area contributed by atoms with Crippen molar-refractivity contribution in [2.45, 2.75) is 11.8 Å². The first-order valence-corrected chi connectivity index (χ1v) is 7.84. The number of aromatic nitrogens is 1. The highest BCUT2D eigenvalue weighted by molar-refractivity contribution is 7.98. The number of benzene rings is 1. The van der Waals surface area contributed by atoms with Crippen LogP contribution in [0.2, 0.25) is 0 Å². The predicted molar refractivity (Wildman–Crippen MR) is 86.1 cm³/mol. The monoisotopic (exact) mass is 316 g/mol. The van der Waals surface area contributed by atoms with E-state index in [4.69, 9.17) is 4.74 Å². The summed E-state index contributed by atoms with van der Waals surface area (Å²) in [5.74, 6) is -0.952. The third-order valence-corrected chi connectivity index (χ3v) is 3.56. The molecule has 1 aromatic heterocycles. The topological polar surface area (TPSA) is 68.3 Å². The number of carbonyl (C=O) groups is 2. The largest absolute Gasteiger partial charge is 0.452 e. The van der Waals surface area contributed by atoms with Gasteiger partial charge in [0.1, 0.15) is 0 Å². The standard InChI is InChI=1S/C16H16N2O3S/c1-11-6-7-12(9-17-11)16(20)21-10-15(19)18-13-4-3-5-14(8-13)22-2/h3-9H,10H2,1-2H3,(H,18,19). The van der Waals surface area contributed by atoms with Gasteiger partial charge in [-0.15, -0.1) is 11.8 Å². The first-order chi connectivity index (χ1) is 10.6. The molecule has 2 aromatic rings. The van der Waals surface area contributed by atoms with Crippen LogP contribution in [0, 0.1) is 6.92 Å². The summed E-state index contributed by atoms with van der Waals surface area (Å²) in [6.45, 7) is 1.49. The van der Waals surface area contributed by atoms with E-state index in [-0.39, 0.29) is 12.5 Å². The van der Waals surface area contributed by atoms with E-state index in [1.165, 1.54) is 6.20 Å². The van der Waals surface area contributed by atoms with E-state index in [9.17, 15) is 9.59 Å². The zero-order valence-corrected chi connectivity index (χ0v) is 13.1. The molecule has 0 saturated heterocycles. The molecule has 0 aliphatic rings. The van der Waals surface area contributed by atoms with Gasteiger partial charge in [0.25, 0.3) is 5.91 Å². The molecular weight excluding hydrogens is 300 g/mol. The molecule has 0 atom stereocenters. The first-order valence-electron chi connectivity index (χ1n) is 6.62. The molecular formula is C16H16N2O3S. The van der Waals surface area contributed by atoms with Gasteiger partial charge in [-0.3, -0.25) is 9.78 Å². The van der Waals surface area contributed by atoms with Crippen molar-refractivity contribution < 1.29 is 14.3 Å². The molecule has 1 N–H and O–H groups in total. The predicted octanol–water partition coefficient (Wildman–Crippen LogP) is 2.91. The van der Waals surface area contributed by atoms with E-state index in [1.807, 2.05) is 31.4 Å². The molecule has 0 aliphatic heterocycles. The maximum Gasteiger partial charge on any atom is 0.340 e. The van der Waals surface area contributed by atoms with E-state index < -0.39 is 5.97 Å². The second kappa shape index (κ2) is 7.61. The number of ether oxygens (including phenoxy) is 1. The lowest BCUT2D eigenvalue weighted by atomic mass is 10.2. The molecule has 0 saturated carbocycles. The van der Waals surface area contributed by atoms with Crippen LogP contribution in [0.5, 0.6) is 0 Å². The van der Waals surface area contributed by atoms with Crippen molar-refractivity contribution in [2.24, 2.45) is 0 Å². The van der Waals surface area contributed by atoms with Gasteiger partial charge in [0.05, 0.1) is 5.56 Å². The van der Waals surface area contributed by atoms with Crippen molar-refractivity contribution in [3.8, 4) is 0 Å². The highest BCUT2D eigenvalue weighted by Gasteiger charge is 2.10. The average Bonchev–Trinajstić information content (AvgIpc) is 2.53. The highest BCUT2D eigenvalue weighted by atomic mass is 32.2. The van der Waals surface area contributed by atoms with Gasteiger partial charge in [0.15, 0.2) is 6.61 Å². The van der Waals surface area contributed by atoms with Gasteiger partial charge in [-0.05, 0) is 43.5 Å². The quantitative estimate of drug-likeness (QED) is 0.678. The number of anilines is 1. The average molecular weight is 316 g/mol. The summed E-state index contributed by atoms with van der Waals surface area (Å²) in [6.07, 6.45) is 3.38. The summed E-state index contributed by atoms with van der Waals surface area (Å²) < 4.78 is 4.96. The second-order valence-corrected chi connectivity index (χ2v) is 5.42. The van der Waals surface area contributed by atoms with Crippen LogP contribution in [-0.2, 0) is 9.53 Å². The van der Waals surface area contributed by atoms with Crippen LogP contribution in [0.3, 0.4) is 0 Å². The summed E-state index contributed by atoms with van der Waals surface area (Å²) in [4.78, 5) is 28.6. The molecule has 1 amide bonds. The molecule has 0 fully saturated rings. The molecule has 0 aliphatic carbocycles. The lowest BCUT2D eigenvalue weighted by Crippen LogP contribution is -2.21. The smallest absolute Gasteiger partial charge is 0.340 e. The van der Waals surface area contributed by atoms with E-state index in [1.54, 1.807) is 30.0 Å². The summed E-state index contributed by atoms with van der Waals surface area (Å²) in [7, 11) is 0. The Labute approximate surface area is 133 Å². The van der Waals surface area contributed by atoms with Crippen molar-refractivity contribution >= 4 is 29.3 Å². The normalized spacial score (nSPS) is 10.1. The lowest BCUT2D eigenvalue weighted by Gasteiger charge is -2.07. The third-order valence-electron chi connectivity index (χ3n) is 2.83. The van der Waals surface area contributed by atoms with E-state index >= 15 is 0 Å². The Balaban J connectivity index is 1.87. The molecule has 0 radical (unpaired) electrons. The molecule has 114 valence electrons. The second-order valence-electron chi connectivity index (χ2n) is 4.54. The van der Waals surface area contributed by atoms with Gasteiger partial charge in [-0.2, -0.15) is 0 Å². The minimum atomic E-state index is -0.569. The minimum Gasteiger partial charge on any atom is -0.452 e. The summed E-state index contributed by atoms with van der Waals surface area (Å²) in [6, 6.07) is 10.8. The van der Waals surface area contributed by atoms with Crippen LogP contribution < -0.4 is 5.32 Å². The third kappa shape index (κ3) is 4.60. The van der Waals surface area contributed by atoms with Gasteiger partial charge in [0.2, 0.25) is 0 Å². The number of rotatable bonds is 5. The summed E-state index contributed by atoms with van der Waals surface area (Å²) >= 11 is 1.58. The maximum atomic E-state index is 11.8. The number of pyridine rings is 1. The Hall–Kier alpha value is -2.34. The number of aryl methyl sites for hydroxylation is 1. The number of hydrogen-bond donors (Lipinski definition) is 1. The zero-order valence-electron chi connectivity index (χ0n) is 12.3. The number of nitrogens with zero attached hydrogens (tertiary/aromatic N) is 1. The Morgan fingerprint density at radius 1 is 1.27 bits per heavy atom. The number of amides is 1. The minimum absolute atomic E-state index is 0.322. The van der Waals surface area contributed by atoms with Crippen LogP contribution in [0.15, 0.2) is 47.5 Å². The molecule has 0 bridgehead atoms. The van der Waals surface area contributed by atoms with Crippen LogP contribution in [0.25, 0.3) is 0 Å². The van der Waals surface area contributed by atoms with Gasteiger partial charge in [-0.1, -0.05) is 6.07 Å². The van der Waals surface area contributed by atoms with Crippen LogP contribution in [0.4, 0.5) is 5.69 Å². The Kier molecular flexibility index (Phi) is 5.55. The van der Waals surface area contributed by atoms with Crippen molar-refractivity contribution in [2.75, 3.05) is 18.2 Å². The SMILES string of the molecule is CSc1cccc(NC(=O)COC(=O)c2ccc(C)nc2)c1. The molecule has 0 unspecified atom stereocenters. The van der Waals surface area contributed by atoms with Crippen molar-refractivity contribution in [3.63, 3.8) is 0 Å². The van der Waals surface area contributed by atoms with Gasteiger partial charge >= 0.3 is 5.97 Å². The molecule has 0 spiro atoms. The van der Waals surface area contributed by atoms with Crippen molar-refractivity contribution in [3.05, 3.63) is 53.9 Å². The lowest BCUT2D eigenvalue weighted by molar-refractivity contribution is -0.119. The van der Waals surface area contributed by atoms with E-state index in [0.29, 0.717) is 11.3 Å². The zero-order chi connectivity index (χ0) is 15.9. The van der Waals surface area contributed by atoms with Crippen LogP contribution >= 0.6 is 11.8 Å². The van der Waals surface area contributed by atoms with Crippen molar-refractivity contribution in [1.82, 2.24) is 4.98 Å². The number of esters is 1.